The number of aryl methyl sites for hydroxylation is 1. The van der Waals surface area contributed by atoms with Crippen molar-refractivity contribution in [2.45, 2.75) is 0 Å². The average molecular weight is 319 g/mol. The van der Waals surface area contributed by atoms with E-state index in [4.69, 9.17) is 15.6 Å². The quantitative estimate of drug-likeness (QED) is 0.384. The molecule has 2 aromatic rings. The molecule has 0 aliphatic carbocycles. The highest BCUT2D eigenvalue weighted by molar-refractivity contribution is 5.83. The normalized spacial score (nSPS) is 10.3. The van der Waals surface area contributed by atoms with Gasteiger partial charge in [0.25, 0.3) is 5.56 Å². The van der Waals surface area contributed by atoms with Crippen molar-refractivity contribution in [3.05, 3.63) is 22.1 Å². The van der Waals surface area contributed by atoms with Crippen LogP contribution in [0.2, 0.25) is 0 Å². The topological polar surface area (TPSA) is 135 Å². The fraction of sp³-hybridized carbons (Fsp3) is 0.357. The van der Waals surface area contributed by atoms with Crippen molar-refractivity contribution in [3.8, 4) is 11.8 Å². The molecule has 0 spiro atoms. The molecular weight excluding hydrogens is 302 g/mol. The molecular formula is C14H17N5O4. The van der Waals surface area contributed by atoms with Gasteiger partial charge in [0.2, 0.25) is 11.9 Å². The maximum Gasteiger partial charge on any atom is 0.263 e. The van der Waals surface area contributed by atoms with Crippen molar-refractivity contribution in [1.29, 1.82) is 0 Å². The van der Waals surface area contributed by atoms with E-state index in [1.54, 1.807) is 17.8 Å². The molecule has 0 atom stereocenters. The number of H-pyrrole nitrogens is 1. The van der Waals surface area contributed by atoms with Crippen LogP contribution in [0, 0.1) is 11.8 Å². The molecule has 0 saturated heterocycles. The number of nitrogens with zero attached hydrogens (tertiary/aromatic N) is 2. The molecule has 0 aromatic carbocycles. The molecule has 0 unspecified atom stereocenters. The lowest BCUT2D eigenvalue weighted by Gasteiger charge is -2.01. The van der Waals surface area contributed by atoms with E-state index >= 15 is 0 Å². The third-order valence-corrected chi connectivity index (χ3v) is 2.91. The van der Waals surface area contributed by atoms with Crippen LogP contribution in [0.3, 0.4) is 0 Å². The summed E-state index contributed by atoms with van der Waals surface area (Å²) in [5.41, 5.74) is 6.10. The van der Waals surface area contributed by atoms with Gasteiger partial charge in [-0.1, -0.05) is 11.8 Å². The number of nitrogens with two attached hydrogens (primary N) is 1. The van der Waals surface area contributed by atoms with Crippen LogP contribution in [0.4, 0.5) is 5.95 Å². The molecule has 23 heavy (non-hydrogen) atoms. The average Bonchev–Trinajstić information content (AvgIpc) is 2.80. The largest absolute Gasteiger partial charge is 0.394 e. The van der Waals surface area contributed by atoms with Crippen molar-refractivity contribution in [2.75, 3.05) is 32.1 Å². The summed E-state index contributed by atoms with van der Waals surface area (Å²) in [5, 5.41) is 11.4. The van der Waals surface area contributed by atoms with E-state index in [1.165, 1.54) is 0 Å². The van der Waals surface area contributed by atoms with Gasteiger partial charge in [-0.05, 0) is 0 Å². The number of aliphatic hydroxyl groups excluding tert-OH is 1. The van der Waals surface area contributed by atoms with Gasteiger partial charge in [0.05, 0.1) is 30.7 Å². The lowest BCUT2D eigenvalue weighted by molar-refractivity contribution is -0.125. The molecule has 2 heterocycles. The highest BCUT2D eigenvalue weighted by atomic mass is 16.5. The van der Waals surface area contributed by atoms with E-state index in [-0.39, 0.29) is 43.8 Å². The minimum absolute atomic E-state index is 0.0401. The molecule has 2 aromatic heterocycles. The van der Waals surface area contributed by atoms with Crippen LogP contribution in [0.1, 0.15) is 5.56 Å². The van der Waals surface area contributed by atoms with Gasteiger partial charge in [0.1, 0.15) is 6.61 Å². The highest BCUT2D eigenvalue weighted by Gasteiger charge is 2.10. The Hall–Kier alpha value is -2.83. The van der Waals surface area contributed by atoms with Gasteiger partial charge in [-0.25, -0.2) is 0 Å². The molecule has 9 heteroatoms. The fourth-order valence-corrected chi connectivity index (χ4v) is 1.95. The number of hydrogen-bond acceptors (Lipinski definition) is 6. The van der Waals surface area contributed by atoms with E-state index in [0.717, 1.165) is 0 Å². The predicted octanol–water partition coefficient (Wildman–Crippen LogP) is -1.68. The number of fused-ring (bicyclic) bond motifs is 1. The standard InChI is InChI=1S/C14H17N5O4/c1-19-7-9(11-12(19)17-14(15)18-13(11)22)3-2-4-16-10(21)8-23-6-5-20/h7,20H,4-6,8H2,1H3,(H,16,21)(H3,15,17,18,22). The maximum absolute atomic E-state index is 12.0. The van der Waals surface area contributed by atoms with Crippen LogP contribution in [0.15, 0.2) is 11.0 Å². The molecule has 2 rings (SSSR count). The summed E-state index contributed by atoms with van der Waals surface area (Å²) in [4.78, 5) is 29.8. The van der Waals surface area contributed by atoms with Gasteiger partial charge in [0.15, 0.2) is 5.65 Å². The van der Waals surface area contributed by atoms with Crippen LogP contribution in [-0.4, -0.2) is 51.9 Å². The molecule has 0 saturated carbocycles. The van der Waals surface area contributed by atoms with Gasteiger partial charge >= 0.3 is 0 Å². The number of amides is 1. The summed E-state index contributed by atoms with van der Waals surface area (Å²) in [6.45, 7) is -0.0628. The number of aromatic amines is 1. The second-order valence-electron chi connectivity index (χ2n) is 4.66. The van der Waals surface area contributed by atoms with Gasteiger partial charge in [-0.2, -0.15) is 4.98 Å². The SMILES string of the molecule is Cn1cc(C#CCNC(=O)COCCO)c2c(=O)[nH]c(N)nc21. The third-order valence-electron chi connectivity index (χ3n) is 2.91. The van der Waals surface area contributed by atoms with Crippen LogP contribution in [0.25, 0.3) is 11.0 Å². The van der Waals surface area contributed by atoms with E-state index in [1.807, 2.05) is 0 Å². The molecule has 0 aliphatic heterocycles. The van der Waals surface area contributed by atoms with Crippen molar-refractivity contribution in [1.82, 2.24) is 19.9 Å². The number of aliphatic hydroxyl groups is 1. The number of nitrogen functional groups attached to an aromatic ring is 1. The second kappa shape index (κ2) is 7.44. The van der Waals surface area contributed by atoms with Crippen LogP contribution in [0.5, 0.6) is 0 Å². The lowest BCUT2D eigenvalue weighted by Crippen LogP contribution is -2.28. The predicted molar refractivity (Wildman–Crippen MR) is 83.5 cm³/mol. The zero-order valence-corrected chi connectivity index (χ0v) is 12.5. The Balaban J connectivity index is 2.06. The number of carbonyl (C=O) groups excluding carboxylic acids is 1. The van der Waals surface area contributed by atoms with E-state index < -0.39 is 0 Å². The lowest BCUT2D eigenvalue weighted by atomic mass is 10.2. The summed E-state index contributed by atoms with van der Waals surface area (Å²) in [6, 6.07) is 0. The highest BCUT2D eigenvalue weighted by Crippen LogP contribution is 2.13. The summed E-state index contributed by atoms with van der Waals surface area (Å²) in [6.07, 6.45) is 1.67. The monoisotopic (exact) mass is 319 g/mol. The van der Waals surface area contributed by atoms with Crippen LogP contribution in [-0.2, 0) is 16.6 Å². The first-order valence-corrected chi connectivity index (χ1v) is 6.82. The number of carbonyl (C=O) groups is 1. The Morgan fingerprint density at radius 2 is 2.39 bits per heavy atom. The molecule has 0 aliphatic rings. The van der Waals surface area contributed by atoms with Crippen molar-refractivity contribution in [3.63, 3.8) is 0 Å². The Morgan fingerprint density at radius 1 is 1.61 bits per heavy atom. The molecule has 0 bridgehead atoms. The number of anilines is 1. The number of rotatable bonds is 5. The van der Waals surface area contributed by atoms with Crippen molar-refractivity contribution in [2.24, 2.45) is 7.05 Å². The van der Waals surface area contributed by atoms with Crippen LogP contribution >= 0.6 is 0 Å². The van der Waals surface area contributed by atoms with Gasteiger partial charge in [-0.3, -0.25) is 14.6 Å². The summed E-state index contributed by atoms with van der Waals surface area (Å²) < 4.78 is 6.53. The van der Waals surface area contributed by atoms with Gasteiger partial charge in [-0.15, -0.1) is 0 Å². The fourth-order valence-electron chi connectivity index (χ4n) is 1.95. The number of nitrogens with one attached hydrogen (secondary N) is 2. The van der Waals surface area contributed by atoms with Gasteiger partial charge in [0, 0.05) is 13.2 Å². The number of aromatic nitrogens is 3. The summed E-state index contributed by atoms with van der Waals surface area (Å²) in [7, 11) is 1.74. The number of ether oxygens (including phenoxy) is 1. The first-order valence-electron chi connectivity index (χ1n) is 6.82. The summed E-state index contributed by atoms with van der Waals surface area (Å²) in [5.74, 6) is 5.29. The second-order valence-corrected chi connectivity index (χ2v) is 4.66. The zero-order chi connectivity index (χ0) is 16.8. The van der Waals surface area contributed by atoms with E-state index in [9.17, 15) is 9.59 Å². The van der Waals surface area contributed by atoms with E-state index in [2.05, 4.69) is 27.1 Å². The van der Waals surface area contributed by atoms with E-state index in [0.29, 0.717) is 16.6 Å². The number of hydrogen-bond donors (Lipinski definition) is 4. The zero-order valence-electron chi connectivity index (χ0n) is 12.5. The van der Waals surface area contributed by atoms with Crippen LogP contribution < -0.4 is 16.6 Å². The Labute approximate surface area is 131 Å². The first-order chi connectivity index (χ1) is 11.0. The summed E-state index contributed by atoms with van der Waals surface area (Å²) >= 11 is 0. The minimum atomic E-state index is -0.362. The van der Waals surface area contributed by atoms with Crippen molar-refractivity contribution < 1.29 is 14.6 Å². The first kappa shape index (κ1) is 16.5. The Kier molecular flexibility index (Phi) is 5.35. The molecule has 122 valence electrons. The molecule has 1 amide bonds. The molecule has 0 radical (unpaired) electrons. The maximum atomic E-state index is 12.0. The Bertz CT molecular complexity index is 827. The molecule has 9 nitrogen and oxygen atoms in total. The van der Waals surface area contributed by atoms with Gasteiger partial charge < -0.3 is 25.5 Å². The molecule has 0 fully saturated rings. The Morgan fingerprint density at radius 3 is 3.13 bits per heavy atom. The third kappa shape index (κ3) is 4.09. The minimum Gasteiger partial charge on any atom is -0.394 e. The molecule has 5 N–H and O–H groups in total. The van der Waals surface area contributed by atoms with Crippen molar-refractivity contribution >= 4 is 22.9 Å². The smallest absolute Gasteiger partial charge is 0.263 e.